The van der Waals surface area contributed by atoms with E-state index in [9.17, 15) is 0 Å². The van der Waals surface area contributed by atoms with Crippen molar-refractivity contribution in [2.24, 2.45) is 0 Å². The Bertz CT molecular complexity index is 177. The molecule has 0 aromatic rings. The van der Waals surface area contributed by atoms with Crippen LogP contribution in [-0.4, -0.2) is 44.3 Å². The van der Waals surface area contributed by atoms with Crippen LogP contribution in [0.25, 0.3) is 0 Å². The summed E-state index contributed by atoms with van der Waals surface area (Å²) in [6, 6.07) is 0. The van der Waals surface area contributed by atoms with Crippen LogP contribution in [0.3, 0.4) is 0 Å². The second-order valence-corrected chi connectivity index (χ2v) is 2.08. The maximum atomic E-state index is 9.00. The average molecular weight is 298 g/mol. The van der Waals surface area contributed by atoms with E-state index in [-0.39, 0.29) is 43.3 Å². The van der Waals surface area contributed by atoms with Gasteiger partial charge in [0.05, 0.1) is 0 Å². The van der Waals surface area contributed by atoms with E-state index < -0.39 is 23.9 Å². The topological polar surface area (TPSA) is 219 Å². The summed E-state index contributed by atoms with van der Waals surface area (Å²) in [4.78, 5) is 36.0. The Kier molecular flexibility index (Phi) is 81.5. The Morgan fingerprint density at radius 3 is 0.579 bits per heavy atom. The molecule has 0 bridgehead atoms. The molecular formula is C8H23N2NaO8. The maximum absolute atomic E-state index is 9.00. The molecule has 0 unspecified atom stereocenters. The molecule has 0 aliphatic heterocycles. The van der Waals surface area contributed by atoms with Crippen LogP contribution in [-0.2, 0) is 19.2 Å². The third kappa shape index (κ3) is 2560. The molecule has 0 amide bonds. The largest absolute Gasteiger partial charge is 1.00 e. The van der Waals surface area contributed by atoms with Crippen molar-refractivity contribution >= 4 is 23.9 Å². The minimum atomic E-state index is -0.833. The van der Waals surface area contributed by atoms with Gasteiger partial charge in [0.25, 0.3) is 23.9 Å². The fourth-order valence-corrected chi connectivity index (χ4v) is 0. The number of hydrogen-bond acceptors (Lipinski definition) is 6. The molecular weight excluding hydrogens is 275 g/mol. The van der Waals surface area contributed by atoms with Crippen LogP contribution < -0.4 is 41.9 Å². The van der Waals surface area contributed by atoms with Gasteiger partial charge in [-0.2, -0.15) is 0 Å². The van der Waals surface area contributed by atoms with E-state index in [4.69, 9.17) is 39.6 Å². The molecule has 0 aliphatic carbocycles. The standard InChI is InChI=1S/4C2H4O2.2H3N.Na.H/c4*1-2(3)4;;;;/h4*1H3,(H,3,4);2*1H3;;/q;;;;;;+1;-1. The quantitative estimate of drug-likeness (QED) is 0.265. The molecule has 10 nitrogen and oxygen atoms in total. The molecule has 0 atom stereocenters. The van der Waals surface area contributed by atoms with Crippen molar-refractivity contribution in [3.8, 4) is 0 Å². The zero-order valence-corrected chi connectivity index (χ0v) is 13.8. The summed E-state index contributed by atoms with van der Waals surface area (Å²) in [5.74, 6) is -3.33. The molecule has 19 heavy (non-hydrogen) atoms. The van der Waals surface area contributed by atoms with E-state index in [0.29, 0.717) is 0 Å². The Hall–Kier alpha value is -1.20. The minimum Gasteiger partial charge on any atom is -1.00 e. The first-order valence-electron chi connectivity index (χ1n) is 3.71. The van der Waals surface area contributed by atoms with E-state index in [0.717, 1.165) is 27.7 Å². The number of hydrogen-bond donors (Lipinski definition) is 6. The molecule has 0 saturated carbocycles. The summed E-state index contributed by atoms with van der Waals surface area (Å²) in [7, 11) is 0. The first kappa shape index (κ1) is 43.1. The van der Waals surface area contributed by atoms with Gasteiger partial charge in [-0.3, -0.25) is 19.2 Å². The Morgan fingerprint density at radius 1 is 0.579 bits per heavy atom. The molecule has 0 spiro atoms. The van der Waals surface area contributed by atoms with E-state index in [2.05, 4.69) is 0 Å². The molecule has 0 aliphatic rings. The molecule has 114 valence electrons. The van der Waals surface area contributed by atoms with Gasteiger partial charge in [-0.05, 0) is 0 Å². The number of rotatable bonds is 0. The van der Waals surface area contributed by atoms with Crippen LogP contribution >= 0.6 is 0 Å². The monoisotopic (exact) mass is 298 g/mol. The zero-order valence-electron chi connectivity index (χ0n) is 12.8. The fraction of sp³-hybridized carbons (Fsp3) is 0.500. The van der Waals surface area contributed by atoms with Gasteiger partial charge < -0.3 is 34.2 Å². The number of aliphatic carboxylic acids is 4. The zero-order chi connectivity index (χ0) is 14.3. The summed E-state index contributed by atoms with van der Waals surface area (Å²) >= 11 is 0. The second-order valence-electron chi connectivity index (χ2n) is 2.08. The summed E-state index contributed by atoms with van der Waals surface area (Å²) in [6.07, 6.45) is 0. The Labute approximate surface area is 134 Å². The number of carbonyl (C=O) groups is 4. The summed E-state index contributed by atoms with van der Waals surface area (Å²) < 4.78 is 0. The second kappa shape index (κ2) is 36.0. The van der Waals surface area contributed by atoms with E-state index in [1.807, 2.05) is 0 Å². The molecule has 0 aromatic heterocycles. The molecule has 0 saturated heterocycles. The first-order valence-corrected chi connectivity index (χ1v) is 3.71. The summed E-state index contributed by atoms with van der Waals surface area (Å²) in [5, 5.41) is 29.7. The Balaban J connectivity index is -0.0000000150. The van der Waals surface area contributed by atoms with Crippen LogP contribution in [0.4, 0.5) is 0 Å². The minimum absolute atomic E-state index is 0. The number of carboxylic acids is 4. The van der Waals surface area contributed by atoms with Gasteiger partial charge in [0.1, 0.15) is 0 Å². The van der Waals surface area contributed by atoms with Gasteiger partial charge in [0, 0.05) is 27.7 Å². The Morgan fingerprint density at radius 2 is 0.579 bits per heavy atom. The summed E-state index contributed by atoms with van der Waals surface area (Å²) in [6.45, 7) is 4.33. The van der Waals surface area contributed by atoms with E-state index in [1.165, 1.54) is 0 Å². The molecule has 0 radical (unpaired) electrons. The average Bonchev–Trinajstić information content (AvgIpc) is 1.76. The number of carboxylic acid groups (broad SMARTS) is 4. The fourth-order valence-electron chi connectivity index (χ4n) is 0. The van der Waals surface area contributed by atoms with Crippen LogP contribution in [0, 0.1) is 0 Å². The van der Waals surface area contributed by atoms with Crippen LogP contribution in [0.2, 0.25) is 0 Å². The van der Waals surface area contributed by atoms with Crippen molar-refractivity contribution in [2.75, 3.05) is 0 Å². The molecule has 0 rings (SSSR count). The van der Waals surface area contributed by atoms with Crippen LogP contribution in [0.1, 0.15) is 29.1 Å². The van der Waals surface area contributed by atoms with Gasteiger partial charge in [-0.1, -0.05) is 0 Å². The van der Waals surface area contributed by atoms with Gasteiger partial charge in [0.15, 0.2) is 0 Å². The van der Waals surface area contributed by atoms with Gasteiger partial charge >= 0.3 is 29.6 Å². The van der Waals surface area contributed by atoms with Crippen molar-refractivity contribution in [2.45, 2.75) is 27.7 Å². The predicted octanol–water partition coefficient (Wildman–Crippen LogP) is -2.20. The van der Waals surface area contributed by atoms with Crippen molar-refractivity contribution in [1.29, 1.82) is 0 Å². The van der Waals surface area contributed by atoms with Gasteiger partial charge in [0.2, 0.25) is 0 Å². The normalized spacial score (nSPS) is 5.26. The van der Waals surface area contributed by atoms with E-state index in [1.54, 1.807) is 0 Å². The van der Waals surface area contributed by atoms with Crippen molar-refractivity contribution < 1.29 is 70.6 Å². The maximum Gasteiger partial charge on any atom is 1.00 e. The first-order chi connectivity index (χ1) is 6.93. The van der Waals surface area contributed by atoms with Gasteiger partial charge in [-0.25, -0.2) is 0 Å². The van der Waals surface area contributed by atoms with Crippen molar-refractivity contribution in [1.82, 2.24) is 12.3 Å². The smallest absolute Gasteiger partial charge is 1.00 e. The molecule has 0 aromatic carbocycles. The SMILES string of the molecule is CC(=O)O.CC(=O)O.CC(=O)O.CC(=O)O.N.N.[H-].[Na+]. The third-order valence-electron chi connectivity index (χ3n) is 0. The molecule has 0 heterocycles. The van der Waals surface area contributed by atoms with Crippen molar-refractivity contribution in [3.05, 3.63) is 0 Å². The summed E-state index contributed by atoms with van der Waals surface area (Å²) in [5.41, 5.74) is 0. The van der Waals surface area contributed by atoms with E-state index >= 15 is 0 Å². The van der Waals surface area contributed by atoms with Gasteiger partial charge in [-0.15, -0.1) is 0 Å². The third-order valence-corrected chi connectivity index (χ3v) is 0. The van der Waals surface area contributed by atoms with Crippen LogP contribution in [0.15, 0.2) is 0 Å². The molecule has 10 N–H and O–H groups in total. The molecule has 0 fully saturated rings. The van der Waals surface area contributed by atoms with Crippen LogP contribution in [0.5, 0.6) is 0 Å². The predicted molar refractivity (Wildman–Crippen MR) is 64.4 cm³/mol. The van der Waals surface area contributed by atoms with Crippen molar-refractivity contribution in [3.63, 3.8) is 0 Å². The molecule has 11 heteroatoms.